The molecule has 1 fully saturated rings. The SMILES string of the molecule is CC(C)Oc1ccc(NC(=O)N2CCN(c3cccc(C#N)c3)CC2)cc1. The predicted molar refractivity (Wildman–Crippen MR) is 106 cm³/mol. The van der Waals surface area contributed by atoms with E-state index in [1.165, 1.54) is 0 Å². The van der Waals surface area contributed by atoms with Gasteiger partial charge in [0, 0.05) is 37.6 Å². The number of benzene rings is 2. The van der Waals surface area contributed by atoms with E-state index in [-0.39, 0.29) is 12.1 Å². The quantitative estimate of drug-likeness (QED) is 0.898. The first-order chi connectivity index (χ1) is 13.0. The van der Waals surface area contributed by atoms with Gasteiger partial charge in [0.05, 0.1) is 17.7 Å². The molecule has 1 aliphatic rings. The van der Waals surface area contributed by atoms with Crippen LogP contribution in [0, 0.1) is 11.3 Å². The van der Waals surface area contributed by atoms with E-state index in [0.717, 1.165) is 30.2 Å². The largest absolute Gasteiger partial charge is 0.491 e. The molecule has 1 saturated heterocycles. The third-order valence-electron chi connectivity index (χ3n) is 4.38. The molecule has 1 N–H and O–H groups in total. The zero-order chi connectivity index (χ0) is 19.2. The van der Waals surface area contributed by atoms with E-state index < -0.39 is 0 Å². The van der Waals surface area contributed by atoms with Gasteiger partial charge in [-0.25, -0.2) is 4.79 Å². The number of carbonyl (C=O) groups excluding carboxylic acids is 1. The van der Waals surface area contributed by atoms with Gasteiger partial charge in [0.1, 0.15) is 5.75 Å². The summed E-state index contributed by atoms with van der Waals surface area (Å²) in [7, 11) is 0. The van der Waals surface area contributed by atoms with E-state index in [1.807, 2.05) is 61.2 Å². The highest BCUT2D eigenvalue weighted by molar-refractivity contribution is 5.89. The summed E-state index contributed by atoms with van der Waals surface area (Å²) in [6, 6.07) is 17.0. The summed E-state index contributed by atoms with van der Waals surface area (Å²) in [5, 5.41) is 12.0. The maximum atomic E-state index is 12.5. The van der Waals surface area contributed by atoms with Crippen LogP contribution in [0.15, 0.2) is 48.5 Å². The molecule has 0 aliphatic carbocycles. The first-order valence-corrected chi connectivity index (χ1v) is 9.13. The van der Waals surface area contributed by atoms with E-state index in [0.29, 0.717) is 18.7 Å². The Morgan fingerprint density at radius 1 is 1.11 bits per heavy atom. The number of nitrogens with zero attached hydrogens (tertiary/aromatic N) is 3. The maximum Gasteiger partial charge on any atom is 0.321 e. The second-order valence-electron chi connectivity index (χ2n) is 6.76. The number of hydrogen-bond acceptors (Lipinski definition) is 4. The molecule has 0 spiro atoms. The number of nitriles is 1. The lowest BCUT2D eigenvalue weighted by molar-refractivity contribution is 0.208. The smallest absolute Gasteiger partial charge is 0.321 e. The molecule has 2 aromatic rings. The Morgan fingerprint density at radius 3 is 2.44 bits per heavy atom. The van der Waals surface area contributed by atoms with Gasteiger partial charge in [-0.1, -0.05) is 6.07 Å². The van der Waals surface area contributed by atoms with Gasteiger partial charge in [0.2, 0.25) is 0 Å². The maximum absolute atomic E-state index is 12.5. The summed E-state index contributed by atoms with van der Waals surface area (Å²) in [5.74, 6) is 0.788. The van der Waals surface area contributed by atoms with Crippen LogP contribution in [0.1, 0.15) is 19.4 Å². The average molecular weight is 364 g/mol. The van der Waals surface area contributed by atoms with Crippen LogP contribution in [0.4, 0.5) is 16.2 Å². The second kappa shape index (κ2) is 8.45. The fourth-order valence-electron chi connectivity index (χ4n) is 3.03. The molecule has 1 heterocycles. The number of carbonyl (C=O) groups is 1. The Bertz CT molecular complexity index is 819. The van der Waals surface area contributed by atoms with Crippen molar-refractivity contribution in [3.05, 3.63) is 54.1 Å². The number of nitrogens with one attached hydrogen (secondary N) is 1. The number of anilines is 2. The van der Waals surface area contributed by atoms with E-state index in [4.69, 9.17) is 10.00 Å². The van der Waals surface area contributed by atoms with E-state index in [2.05, 4.69) is 16.3 Å². The number of urea groups is 1. The van der Waals surface area contributed by atoms with Gasteiger partial charge in [-0.05, 0) is 56.3 Å². The van der Waals surface area contributed by atoms with Gasteiger partial charge in [-0.3, -0.25) is 0 Å². The van der Waals surface area contributed by atoms with Crippen molar-refractivity contribution in [2.24, 2.45) is 0 Å². The van der Waals surface area contributed by atoms with Gasteiger partial charge < -0.3 is 19.9 Å². The van der Waals surface area contributed by atoms with E-state index >= 15 is 0 Å². The molecule has 2 aromatic carbocycles. The molecule has 0 bridgehead atoms. The van der Waals surface area contributed by atoms with E-state index in [1.54, 1.807) is 6.07 Å². The number of amides is 2. The molecular formula is C21H24N4O2. The molecule has 0 radical (unpaired) electrons. The van der Waals surface area contributed by atoms with Crippen molar-refractivity contribution in [3.63, 3.8) is 0 Å². The van der Waals surface area contributed by atoms with Crippen molar-refractivity contribution < 1.29 is 9.53 Å². The average Bonchev–Trinajstić information content (AvgIpc) is 2.69. The first kappa shape index (κ1) is 18.6. The third kappa shape index (κ3) is 4.91. The normalized spacial score (nSPS) is 14.0. The molecule has 140 valence electrons. The lowest BCUT2D eigenvalue weighted by Crippen LogP contribution is -2.50. The van der Waals surface area contributed by atoms with Crippen molar-refractivity contribution in [1.82, 2.24) is 4.90 Å². The lowest BCUT2D eigenvalue weighted by atomic mass is 10.2. The standard InChI is InChI=1S/C21H24N4O2/c1-16(2)27-20-8-6-18(7-9-20)23-21(26)25-12-10-24(11-13-25)19-5-3-4-17(14-19)15-22/h3-9,14,16H,10-13H2,1-2H3,(H,23,26). The minimum atomic E-state index is -0.0991. The minimum absolute atomic E-state index is 0.0991. The van der Waals surface area contributed by atoms with Crippen LogP contribution in [-0.2, 0) is 0 Å². The fraction of sp³-hybridized carbons (Fsp3) is 0.333. The number of ether oxygens (including phenoxy) is 1. The number of hydrogen-bond donors (Lipinski definition) is 1. The molecular weight excluding hydrogens is 340 g/mol. The monoisotopic (exact) mass is 364 g/mol. The molecule has 2 amide bonds. The molecule has 3 rings (SSSR count). The van der Waals surface area contributed by atoms with Gasteiger partial charge in [0.25, 0.3) is 0 Å². The molecule has 0 unspecified atom stereocenters. The molecule has 27 heavy (non-hydrogen) atoms. The van der Waals surface area contributed by atoms with Gasteiger partial charge >= 0.3 is 6.03 Å². The van der Waals surface area contributed by atoms with Crippen molar-refractivity contribution in [1.29, 1.82) is 5.26 Å². The highest BCUT2D eigenvalue weighted by Crippen LogP contribution is 2.20. The minimum Gasteiger partial charge on any atom is -0.491 e. The Hall–Kier alpha value is -3.20. The number of rotatable bonds is 4. The Balaban J connectivity index is 1.53. The van der Waals surface area contributed by atoms with Crippen molar-refractivity contribution in [2.75, 3.05) is 36.4 Å². The fourth-order valence-corrected chi connectivity index (χ4v) is 3.03. The highest BCUT2D eigenvalue weighted by atomic mass is 16.5. The zero-order valence-electron chi connectivity index (χ0n) is 15.7. The third-order valence-corrected chi connectivity index (χ3v) is 4.38. The predicted octanol–water partition coefficient (Wildman–Crippen LogP) is 3.70. The zero-order valence-corrected chi connectivity index (χ0v) is 15.7. The molecule has 6 nitrogen and oxygen atoms in total. The molecule has 0 saturated carbocycles. The second-order valence-corrected chi connectivity index (χ2v) is 6.76. The Morgan fingerprint density at radius 2 is 1.81 bits per heavy atom. The summed E-state index contributed by atoms with van der Waals surface area (Å²) < 4.78 is 5.61. The van der Waals surface area contributed by atoms with Crippen LogP contribution in [0.3, 0.4) is 0 Å². The van der Waals surface area contributed by atoms with E-state index in [9.17, 15) is 4.79 Å². The summed E-state index contributed by atoms with van der Waals surface area (Å²) in [6.07, 6.45) is 0.121. The van der Waals surface area contributed by atoms with Crippen LogP contribution in [0.5, 0.6) is 5.75 Å². The van der Waals surface area contributed by atoms with Crippen LogP contribution in [0.2, 0.25) is 0 Å². The van der Waals surface area contributed by atoms with Crippen molar-refractivity contribution >= 4 is 17.4 Å². The summed E-state index contributed by atoms with van der Waals surface area (Å²) in [6.45, 7) is 6.71. The van der Waals surface area contributed by atoms with Gasteiger partial charge in [0.15, 0.2) is 0 Å². The van der Waals surface area contributed by atoms with Crippen LogP contribution in [0.25, 0.3) is 0 Å². The molecule has 0 atom stereocenters. The van der Waals surface area contributed by atoms with Crippen LogP contribution < -0.4 is 15.0 Å². The van der Waals surface area contributed by atoms with Crippen molar-refractivity contribution in [3.8, 4) is 11.8 Å². The molecule has 1 aliphatic heterocycles. The summed E-state index contributed by atoms with van der Waals surface area (Å²) in [5.41, 5.74) is 2.42. The van der Waals surface area contributed by atoms with Crippen LogP contribution >= 0.6 is 0 Å². The van der Waals surface area contributed by atoms with Gasteiger partial charge in [-0.2, -0.15) is 5.26 Å². The topological polar surface area (TPSA) is 68.6 Å². The summed E-state index contributed by atoms with van der Waals surface area (Å²) >= 11 is 0. The highest BCUT2D eigenvalue weighted by Gasteiger charge is 2.21. The summed E-state index contributed by atoms with van der Waals surface area (Å²) in [4.78, 5) is 16.5. The Kier molecular flexibility index (Phi) is 5.82. The molecule has 0 aromatic heterocycles. The van der Waals surface area contributed by atoms with Crippen LogP contribution in [-0.4, -0.2) is 43.2 Å². The van der Waals surface area contributed by atoms with Gasteiger partial charge in [-0.15, -0.1) is 0 Å². The van der Waals surface area contributed by atoms with Crippen molar-refractivity contribution in [2.45, 2.75) is 20.0 Å². The number of piperazine rings is 1. The lowest BCUT2D eigenvalue weighted by Gasteiger charge is -2.36. The molecule has 6 heteroatoms. The Labute approximate surface area is 160 Å². The first-order valence-electron chi connectivity index (χ1n) is 9.13.